The molecule has 98 valence electrons. The van der Waals surface area contributed by atoms with Crippen LogP contribution in [0.5, 0.6) is 0 Å². The third kappa shape index (κ3) is 2.51. The van der Waals surface area contributed by atoms with Crippen LogP contribution in [0.4, 0.5) is 0 Å². The molecule has 0 bridgehead atoms. The molecule has 0 aliphatic carbocycles. The van der Waals surface area contributed by atoms with Crippen LogP contribution < -0.4 is 0 Å². The minimum atomic E-state index is 0.182. The van der Waals surface area contributed by atoms with Crippen LogP contribution in [0.15, 0.2) is 18.3 Å². The predicted molar refractivity (Wildman–Crippen MR) is 77.7 cm³/mol. The second kappa shape index (κ2) is 5.96. The molecule has 2 aromatic rings. The summed E-state index contributed by atoms with van der Waals surface area (Å²) in [4.78, 5) is 0. The molecule has 0 radical (unpaired) electrons. The molecule has 1 heterocycles. The molecule has 0 unspecified atom stereocenters. The molecular formula is C14H17Cl2NO. The zero-order valence-electron chi connectivity index (χ0n) is 10.4. The smallest absolute Gasteiger partial charge is 0.0835 e. The van der Waals surface area contributed by atoms with Gasteiger partial charge in [0.1, 0.15) is 0 Å². The number of hydrogen-bond donors (Lipinski definition) is 1. The number of fused-ring (bicyclic) bond motifs is 1. The summed E-state index contributed by atoms with van der Waals surface area (Å²) in [7, 11) is 0. The average Bonchev–Trinajstić information content (AvgIpc) is 2.71. The highest BCUT2D eigenvalue weighted by molar-refractivity contribution is 6.45. The molecule has 18 heavy (non-hydrogen) atoms. The Morgan fingerprint density at radius 2 is 2.06 bits per heavy atom. The lowest BCUT2D eigenvalue weighted by atomic mass is 10.1. The second-order valence-electron chi connectivity index (χ2n) is 4.43. The molecule has 0 fully saturated rings. The fourth-order valence-corrected chi connectivity index (χ4v) is 2.71. The third-order valence-electron chi connectivity index (χ3n) is 3.09. The molecule has 4 heteroatoms. The molecule has 1 aromatic carbocycles. The monoisotopic (exact) mass is 285 g/mol. The number of nitrogens with zero attached hydrogens (tertiary/aromatic N) is 1. The number of aliphatic hydroxyl groups is 1. The lowest BCUT2D eigenvalue weighted by Crippen LogP contribution is -1.98. The van der Waals surface area contributed by atoms with Crippen LogP contribution in [0, 0.1) is 0 Å². The topological polar surface area (TPSA) is 25.2 Å². The van der Waals surface area contributed by atoms with Crippen LogP contribution in [0.2, 0.25) is 10.0 Å². The van der Waals surface area contributed by atoms with E-state index >= 15 is 0 Å². The van der Waals surface area contributed by atoms with Gasteiger partial charge in [0.2, 0.25) is 0 Å². The lowest BCUT2D eigenvalue weighted by molar-refractivity contribution is 0.280. The molecule has 2 rings (SSSR count). The van der Waals surface area contributed by atoms with Crippen LogP contribution in [0.25, 0.3) is 10.9 Å². The Morgan fingerprint density at radius 1 is 1.28 bits per heavy atom. The molecule has 2 nitrogen and oxygen atoms in total. The number of benzene rings is 1. The highest BCUT2D eigenvalue weighted by Gasteiger charge is 2.13. The standard InChI is InChI=1S/C14H17Cl2NO/c1-2-4-10-9-17(7-3-8-18)14-11(10)5-6-12(15)13(14)16/h5-6,9,18H,2-4,7-8H2,1H3. The predicted octanol–water partition coefficient (Wildman–Crippen LogP) is 4.28. The minimum absolute atomic E-state index is 0.182. The van der Waals surface area contributed by atoms with Crippen LogP contribution in [-0.2, 0) is 13.0 Å². The van der Waals surface area contributed by atoms with Crippen molar-refractivity contribution in [2.45, 2.75) is 32.7 Å². The summed E-state index contributed by atoms with van der Waals surface area (Å²) >= 11 is 12.4. The molecule has 0 aliphatic heterocycles. The number of hydrogen-bond acceptors (Lipinski definition) is 1. The van der Waals surface area contributed by atoms with Crippen molar-refractivity contribution < 1.29 is 5.11 Å². The zero-order chi connectivity index (χ0) is 13.1. The van der Waals surface area contributed by atoms with Crippen molar-refractivity contribution in [1.29, 1.82) is 0 Å². The maximum Gasteiger partial charge on any atom is 0.0835 e. The lowest BCUT2D eigenvalue weighted by Gasteiger charge is -2.06. The molecule has 0 spiro atoms. The summed E-state index contributed by atoms with van der Waals surface area (Å²) in [6.07, 6.45) is 4.98. The molecule has 1 aromatic heterocycles. The van der Waals surface area contributed by atoms with Crippen molar-refractivity contribution >= 4 is 34.1 Å². The van der Waals surface area contributed by atoms with Crippen LogP contribution >= 0.6 is 23.2 Å². The third-order valence-corrected chi connectivity index (χ3v) is 3.88. The average molecular weight is 286 g/mol. The highest BCUT2D eigenvalue weighted by atomic mass is 35.5. The summed E-state index contributed by atoms with van der Waals surface area (Å²) in [5.41, 5.74) is 2.28. The quantitative estimate of drug-likeness (QED) is 0.871. The van der Waals surface area contributed by atoms with Gasteiger partial charge in [-0.1, -0.05) is 42.6 Å². The first kappa shape index (κ1) is 13.7. The Morgan fingerprint density at radius 3 is 2.72 bits per heavy atom. The summed E-state index contributed by atoms with van der Waals surface area (Å²) < 4.78 is 2.10. The molecular weight excluding hydrogens is 269 g/mol. The minimum Gasteiger partial charge on any atom is -0.396 e. The van der Waals surface area contributed by atoms with Crippen molar-refractivity contribution in [1.82, 2.24) is 4.57 Å². The number of rotatable bonds is 5. The SMILES string of the molecule is CCCc1cn(CCCO)c2c(Cl)c(Cl)ccc12. The van der Waals surface area contributed by atoms with E-state index in [1.54, 1.807) is 0 Å². The van der Waals surface area contributed by atoms with Gasteiger partial charge in [0.25, 0.3) is 0 Å². The molecule has 0 atom stereocenters. The zero-order valence-corrected chi connectivity index (χ0v) is 11.9. The fourth-order valence-electron chi connectivity index (χ4n) is 2.29. The van der Waals surface area contributed by atoms with Gasteiger partial charge in [0.15, 0.2) is 0 Å². The Balaban J connectivity index is 2.57. The van der Waals surface area contributed by atoms with E-state index in [-0.39, 0.29) is 6.61 Å². The van der Waals surface area contributed by atoms with Crippen molar-refractivity contribution in [3.63, 3.8) is 0 Å². The van der Waals surface area contributed by atoms with E-state index in [1.807, 2.05) is 12.1 Å². The van der Waals surface area contributed by atoms with Crippen LogP contribution in [0.1, 0.15) is 25.3 Å². The van der Waals surface area contributed by atoms with Gasteiger partial charge in [-0.25, -0.2) is 0 Å². The summed E-state index contributed by atoms with van der Waals surface area (Å²) in [6.45, 7) is 3.10. The van der Waals surface area contributed by atoms with Gasteiger partial charge in [-0.2, -0.15) is 0 Å². The molecule has 0 saturated carbocycles. The van der Waals surface area contributed by atoms with Crippen molar-refractivity contribution in [3.05, 3.63) is 33.9 Å². The highest BCUT2D eigenvalue weighted by Crippen LogP contribution is 2.34. The van der Waals surface area contributed by atoms with Crippen LogP contribution in [0.3, 0.4) is 0 Å². The second-order valence-corrected chi connectivity index (χ2v) is 5.22. The van der Waals surface area contributed by atoms with Gasteiger partial charge < -0.3 is 9.67 Å². The Bertz CT molecular complexity index is 548. The first-order chi connectivity index (χ1) is 8.69. The van der Waals surface area contributed by atoms with Gasteiger partial charge in [-0.05, 0) is 24.5 Å². The maximum absolute atomic E-state index is 8.96. The van der Waals surface area contributed by atoms with Gasteiger partial charge in [-0.3, -0.25) is 0 Å². The largest absolute Gasteiger partial charge is 0.396 e. The normalized spacial score (nSPS) is 11.3. The summed E-state index contributed by atoms with van der Waals surface area (Å²) in [5, 5.41) is 11.3. The fraction of sp³-hybridized carbons (Fsp3) is 0.429. The first-order valence-corrected chi connectivity index (χ1v) is 7.01. The Labute approximate surface area is 117 Å². The van der Waals surface area contributed by atoms with E-state index in [0.29, 0.717) is 10.0 Å². The van der Waals surface area contributed by atoms with E-state index in [0.717, 1.165) is 31.3 Å². The van der Waals surface area contributed by atoms with Crippen LogP contribution in [-0.4, -0.2) is 16.3 Å². The molecule has 1 N–H and O–H groups in total. The van der Waals surface area contributed by atoms with Gasteiger partial charge in [0.05, 0.1) is 15.6 Å². The van der Waals surface area contributed by atoms with Crippen molar-refractivity contribution in [2.75, 3.05) is 6.61 Å². The Kier molecular flexibility index (Phi) is 4.55. The van der Waals surface area contributed by atoms with Gasteiger partial charge in [0, 0.05) is 24.7 Å². The van der Waals surface area contributed by atoms with E-state index in [4.69, 9.17) is 28.3 Å². The van der Waals surface area contributed by atoms with Gasteiger partial charge in [-0.15, -0.1) is 0 Å². The number of halogens is 2. The summed E-state index contributed by atoms with van der Waals surface area (Å²) in [6, 6.07) is 3.88. The molecule has 0 amide bonds. The van der Waals surface area contributed by atoms with E-state index in [2.05, 4.69) is 17.7 Å². The van der Waals surface area contributed by atoms with E-state index < -0.39 is 0 Å². The first-order valence-electron chi connectivity index (χ1n) is 6.25. The van der Waals surface area contributed by atoms with E-state index in [9.17, 15) is 0 Å². The summed E-state index contributed by atoms with van der Waals surface area (Å²) in [5.74, 6) is 0. The van der Waals surface area contributed by atoms with Gasteiger partial charge >= 0.3 is 0 Å². The maximum atomic E-state index is 8.96. The van der Waals surface area contributed by atoms with E-state index in [1.165, 1.54) is 10.9 Å². The number of aliphatic hydroxyl groups excluding tert-OH is 1. The Hall–Kier alpha value is -0.700. The number of aryl methyl sites for hydroxylation is 2. The molecule has 0 saturated heterocycles. The molecule has 0 aliphatic rings. The van der Waals surface area contributed by atoms with Crippen molar-refractivity contribution in [2.24, 2.45) is 0 Å². The number of aromatic nitrogens is 1. The van der Waals surface area contributed by atoms with Crippen molar-refractivity contribution in [3.8, 4) is 0 Å².